The van der Waals surface area contributed by atoms with Crippen molar-refractivity contribution in [2.24, 2.45) is 11.8 Å². The van der Waals surface area contributed by atoms with E-state index < -0.39 is 29.8 Å². The van der Waals surface area contributed by atoms with Crippen LogP contribution < -0.4 is 0 Å². The molecule has 2 atom stereocenters. The molecule has 1 aromatic rings. The maximum absolute atomic E-state index is 13.8. The smallest absolute Gasteiger partial charge is 0.343 e. The fourth-order valence-electron chi connectivity index (χ4n) is 4.08. The Morgan fingerprint density at radius 2 is 1.96 bits per heavy atom. The number of halogens is 3. The maximum Gasteiger partial charge on any atom is 0.343 e. The number of piperidine rings is 1. The Hall–Kier alpha value is -1.54. The van der Waals surface area contributed by atoms with Crippen LogP contribution >= 0.6 is 15.9 Å². The van der Waals surface area contributed by atoms with Crippen molar-refractivity contribution in [1.82, 2.24) is 4.90 Å². The highest BCUT2D eigenvalue weighted by molar-refractivity contribution is 9.10. The van der Waals surface area contributed by atoms with Gasteiger partial charge >= 0.3 is 5.97 Å². The van der Waals surface area contributed by atoms with Crippen molar-refractivity contribution < 1.29 is 23.4 Å². The molecule has 1 aliphatic heterocycles. The molecule has 0 aromatic heterocycles. The molecular formula is C20H25BrF2N2O3. The number of benzene rings is 1. The SMILES string of the molecule is N=CN1CCC(COC(=O)[C@](O)(c2ccc(Br)cc2)[C@@H]2CCC(F)(F)C2)CC1. The van der Waals surface area contributed by atoms with Crippen LogP contribution in [-0.2, 0) is 15.1 Å². The summed E-state index contributed by atoms with van der Waals surface area (Å²) in [5.41, 5.74) is -1.81. The third-order valence-electron chi connectivity index (χ3n) is 5.87. The number of aliphatic hydroxyl groups is 1. The molecule has 1 aliphatic carbocycles. The van der Waals surface area contributed by atoms with Crippen molar-refractivity contribution in [2.75, 3.05) is 19.7 Å². The molecule has 2 aliphatic rings. The number of likely N-dealkylation sites (tertiary alicyclic amines) is 1. The van der Waals surface area contributed by atoms with Crippen LogP contribution in [0, 0.1) is 17.2 Å². The van der Waals surface area contributed by atoms with Gasteiger partial charge in [0.1, 0.15) is 0 Å². The normalized spacial score (nSPS) is 24.6. The number of hydrogen-bond donors (Lipinski definition) is 2. The summed E-state index contributed by atoms with van der Waals surface area (Å²) in [6.45, 7) is 1.59. The summed E-state index contributed by atoms with van der Waals surface area (Å²) >= 11 is 3.31. The number of carbonyl (C=O) groups excluding carboxylic acids is 1. The first kappa shape index (κ1) is 21.2. The Labute approximate surface area is 171 Å². The van der Waals surface area contributed by atoms with Crippen molar-refractivity contribution in [3.63, 3.8) is 0 Å². The van der Waals surface area contributed by atoms with E-state index >= 15 is 0 Å². The van der Waals surface area contributed by atoms with Crippen LogP contribution in [0.4, 0.5) is 8.78 Å². The molecule has 8 heteroatoms. The van der Waals surface area contributed by atoms with Gasteiger partial charge in [0, 0.05) is 36.3 Å². The van der Waals surface area contributed by atoms with Gasteiger partial charge in [-0.3, -0.25) is 5.41 Å². The van der Waals surface area contributed by atoms with Gasteiger partial charge in [-0.15, -0.1) is 0 Å². The fraction of sp³-hybridized carbons (Fsp3) is 0.600. The minimum Gasteiger partial charge on any atom is -0.463 e. The molecule has 1 saturated heterocycles. The molecule has 3 rings (SSSR count). The second-order valence-corrected chi connectivity index (χ2v) is 8.69. The Bertz CT molecular complexity index is 708. The number of ether oxygens (including phenoxy) is 1. The van der Waals surface area contributed by atoms with E-state index in [0.717, 1.165) is 30.4 Å². The predicted molar refractivity (Wildman–Crippen MR) is 104 cm³/mol. The quantitative estimate of drug-likeness (QED) is 0.384. The van der Waals surface area contributed by atoms with E-state index in [1.165, 1.54) is 6.34 Å². The van der Waals surface area contributed by atoms with Crippen molar-refractivity contribution in [3.05, 3.63) is 34.3 Å². The lowest BCUT2D eigenvalue weighted by Gasteiger charge is -2.34. The van der Waals surface area contributed by atoms with Gasteiger partial charge in [0.15, 0.2) is 5.60 Å². The lowest BCUT2D eigenvalue weighted by molar-refractivity contribution is -0.176. The Morgan fingerprint density at radius 3 is 2.50 bits per heavy atom. The summed E-state index contributed by atoms with van der Waals surface area (Å²) in [6.07, 6.45) is 2.04. The lowest BCUT2D eigenvalue weighted by atomic mass is 9.80. The summed E-state index contributed by atoms with van der Waals surface area (Å²) in [4.78, 5) is 14.8. The Balaban J connectivity index is 1.74. The van der Waals surface area contributed by atoms with Crippen LogP contribution in [0.15, 0.2) is 28.7 Å². The first-order chi connectivity index (χ1) is 13.2. The van der Waals surface area contributed by atoms with Gasteiger partial charge in [0.05, 0.1) is 12.9 Å². The average Bonchev–Trinajstić information content (AvgIpc) is 3.06. The van der Waals surface area contributed by atoms with Gasteiger partial charge in [0.25, 0.3) is 0 Å². The second-order valence-electron chi connectivity index (χ2n) is 7.78. The Morgan fingerprint density at radius 1 is 1.32 bits per heavy atom. The molecule has 0 spiro atoms. The van der Waals surface area contributed by atoms with Crippen LogP contribution in [0.3, 0.4) is 0 Å². The van der Waals surface area contributed by atoms with E-state index in [-0.39, 0.29) is 30.9 Å². The van der Waals surface area contributed by atoms with E-state index in [1.807, 2.05) is 4.90 Å². The third-order valence-corrected chi connectivity index (χ3v) is 6.40. The van der Waals surface area contributed by atoms with E-state index in [4.69, 9.17) is 10.1 Å². The Kier molecular flexibility index (Phi) is 6.39. The van der Waals surface area contributed by atoms with Gasteiger partial charge in [-0.1, -0.05) is 28.1 Å². The summed E-state index contributed by atoms with van der Waals surface area (Å²) in [7, 11) is 0. The van der Waals surface area contributed by atoms with Gasteiger partial charge in [0.2, 0.25) is 5.92 Å². The molecule has 2 fully saturated rings. The second kappa shape index (κ2) is 8.45. The van der Waals surface area contributed by atoms with E-state index in [9.17, 15) is 18.7 Å². The minimum atomic E-state index is -2.88. The van der Waals surface area contributed by atoms with Crippen LogP contribution in [0.1, 0.15) is 37.7 Å². The minimum absolute atomic E-state index is 0.0619. The first-order valence-electron chi connectivity index (χ1n) is 9.53. The van der Waals surface area contributed by atoms with E-state index in [1.54, 1.807) is 24.3 Å². The lowest BCUT2D eigenvalue weighted by Crippen LogP contribution is -2.45. The zero-order valence-corrected chi connectivity index (χ0v) is 17.1. The van der Waals surface area contributed by atoms with Crippen LogP contribution in [0.2, 0.25) is 0 Å². The number of alkyl halides is 2. The molecule has 28 heavy (non-hydrogen) atoms. The summed E-state index contributed by atoms with van der Waals surface area (Å²) in [5.74, 6) is -4.49. The average molecular weight is 459 g/mol. The summed E-state index contributed by atoms with van der Waals surface area (Å²) in [6, 6.07) is 6.50. The maximum atomic E-state index is 13.8. The molecule has 0 amide bonds. The predicted octanol–water partition coefficient (Wildman–Crippen LogP) is 3.93. The molecule has 2 N–H and O–H groups in total. The highest BCUT2D eigenvalue weighted by Gasteiger charge is 2.54. The molecule has 1 aromatic carbocycles. The van der Waals surface area contributed by atoms with Crippen molar-refractivity contribution in [3.8, 4) is 0 Å². The molecular weight excluding hydrogens is 434 g/mol. The van der Waals surface area contributed by atoms with Crippen LogP contribution in [0.5, 0.6) is 0 Å². The molecule has 0 bridgehead atoms. The number of nitrogens with zero attached hydrogens (tertiary/aromatic N) is 1. The van der Waals surface area contributed by atoms with Crippen molar-refractivity contribution in [2.45, 2.75) is 43.6 Å². The van der Waals surface area contributed by atoms with Crippen LogP contribution in [-0.4, -0.2) is 47.9 Å². The summed E-state index contributed by atoms with van der Waals surface area (Å²) in [5, 5.41) is 18.6. The zero-order valence-electron chi connectivity index (χ0n) is 15.5. The third kappa shape index (κ3) is 4.54. The topological polar surface area (TPSA) is 73.6 Å². The van der Waals surface area contributed by atoms with Gasteiger partial charge in [-0.2, -0.15) is 0 Å². The zero-order chi connectivity index (χ0) is 20.4. The molecule has 0 unspecified atom stereocenters. The fourth-order valence-corrected chi connectivity index (χ4v) is 4.35. The molecule has 1 heterocycles. The largest absolute Gasteiger partial charge is 0.463 e. The van der Waals surface area contributed by atoms with Gasteiger partial charge < -0.3 is 14.7 Å². The van der Waals surface area contributed by atoms with E-state index in [2.05, 4.69) is 15.9 Å². The molecule has 154 valence electrons. The highest BCUT2D eigenvalue weighted by Crippen LogP contribution is 2.48. The number of carbonyl (C=O) groups is 1. The number of esters is 1. The first-order valence-corrected chi connectivity index (χ1v) is 10.3. The van der Waals surface area contributed by atoms with Gasteiger partial charge in [-0.05, 0) is 42.9 Å². The van der Waals surface area contributed by atoms with Crippen molar-refractivity contribution >= 4 is 28.2 Å². The van der Waals surface area contributed by atoms with E-state index in [0.29, 0.717) is 0 Å². The molecule has 5 nitrogen and oxygen atoms in total. The van der Waals surface area contributed by atoms with Crippen molar-refractivity contribution in [1.29, 1.82) is 5.41 Å². The highest BCUT2D eigenvalue weighted by atomic mass is 79.9. The number of nitrogens with one attached hydrogen (secondary N) is 1. The standard InChI is InChI=1S/C20H25BrF2N2O3/c21-17-3-1-15(2-4-17)20(27,16-5-8-19(22,23)11-16)18(26)28-12-14-6-9-25(13-24)10-7-14/h1-4,13-14,16,24,27H,5-12H2/t16-,20+/m1/s1. The van der Waals surface area contributed by atoms with Gasteiger partial charge in [-0.25, -0.2) is 13.6 Å². The molecule has 0 radical (unpaired) electrons. The number of hydrogen-bond acceptors (Lipinski definition) is 4. The molecule has 1 saturated carbocycles. The number of rotatable bonds is 6. The summed E-state index contributed by atoms with van der Waals surface area (Å²) < 4.78 is 33.9. The monoisotopic (exact) mass is 458 g/mol. The van der Waals surface area contributed by atoms with Crippen LogP contribution in [0.25, 0.3) is 0 Å².